The molecule has 7 nitrogen and oxygen atoms in total. The highest BCUT2D eigenvalue weighted by atomic mass is 32.2. The average molecular weight is 501 g/mol. The van der Waals surface area contributed by atoms with Crippen LogP contribution in [0.5, 0.6) is 5.75 Å². The Kier molecular flexibility index (Phi) is 8.00. The van der Waals surface area contributed by atoms with E-state index in [1.807, 2.05) is 31.2 Å². The number of aryl methyl sites for hydroxylation is 2. The molecule has 0 spiro atoms. The van der Waals surface area contributed by atoms with Gasteiger partial charge in [0.1, 0.15) is 5.75 Å². The van der Waals surface area contributed by atoms with Gasteiger partial charge in [-0.05, 0) is 56.5 Å². The van der Waals surface area contributed by atoms with E-state index in [9.17, 15) is 8.42 Å². The van der Waals surface area contributed by atoms with Crippen LogP contribution in [0.4, 0.5) is 0 Å². The van der Waals surface area contributed by atoms with Crippen molar-refractivity contribution in [1.29, 1.82) is 0 Å². The van der Waals surface area contributed by atoms with Crippen LogP contribution in [-0.4, -0.2) is 33.1 Å². The summed E-state index contributed by atoms with van der Waals surface area (Å²) in [7, 11) is -1.96. The molecule has 0 radical (unpaired) electrons. The summed E-state index contributed by atoms with van der Waals surface area (Å²) < 4.78 is 34.1. The van der Waals surface area contributed by atoms with Crippen molar-refractivity contribution in [2.75, 3.05) is 13.7 Å². The van der Waals surface area contributed by atoms with E-state index in [1.54, 1.807) is 14.0 Å². The van der Waals surface area contributed by atoms with Gasteiger partial charge in [-0.3, -0.25) is 0 Å². The Balaban J connectivity index is 1.45. The SMILES string of the molecule is COc1ccc(CNS(=O)(=O)c2sc(C)nc2C)cc1CNC1CCCNC1c1ccccc1. The number of nitrogens with one attached hydrogen (secondary N) is 3. The highest BCUT2D eigenvalue weighted by Gasteiger charge is 2.26. The third kappa shape index (κ3) is 5.84. The monoisotopic (exact) mass is 500 g/mol. The molecular formula is C25H32N4O3S2. The Labute approximate surface area is 206 Å². The smallest absolute Gasteiger partial charge is 0.252 e. The van der Waals surface area contributed by atoms with E-state index in [4.69, 9.17) is 4.74 Å². The molecule has 34 heavy (non-hydrogen) atoms. The molecule has 2 atom stereocenters. The van der Waals surface area contributed by atoms with Crippen molar-refractivity contribution in [3.05, 3.63) is 75.9 Å². The second-order valence-corrected chi connectivity index (χ2v) is 11.7. The highest BCUT2D eigenvalue weighted by Crippen LogP contribution is 2.26. The minimum Gasteiger partial charge on any atom is -0.496 e. The fraction of sp³-hybridized carbons (Fsp3) is 0.400. The van der Waals surface area contributed by atoms with E-state index >= 15 is 0 Å². The molecule has 1 fully saturated rings. The maximum absolute atomic E-state index is 12.8. The number of ether oxygens (including phenoxy) is 1. The van der Waals surface area contributed by atoms with Crippen LogP contribution in [-0.2, 0) is 23.1 Å². The molecule has 0 amide bonds. The number of methoxy groups -OCH3 is 1. The van der Waals surface area contributed by atoms with Gasteiger partial charge in [-0.25, -0.2) is 18.1 Å². The predicted molar refractivity (Wildman–Crippen MR) is 136 cm³/mol. The molecule has 0 aliphatic carbocycles. The first kappa shape index (κ1) is 24.8. The van der Waals surface area contributed by atoms with E-state index < -0.39 is 10.0 Å². The van der Waals surface area contributed by atoms with Crippen LogP contribution in [0.25, 0.3) is 0 Å². The lowest BCUT2D eigenvalue weighted by Gasteiger charge is -2.34. The van der Waals surface area contributed by atoms with Gasteiger partial charge in [0, 0.05) is 30.7 Å². The Bertz CT molecular complexity index is 1210. The zero-order valence-corrected chi connectivity index (χ0v) is 21.4. The predicted octanol–water partition coefficient (Wildman–Crippen LogP) is 3.83. The molecule has 0 bridgehead atoms. The van der Waals surface area contributed by atoms with Gasteiger partial charge in [-0.2, -0.15) is 0 Å². The second-order valence-electron chi connectivity index (χ2n) is 8.55. The van der Waals surface area contributed by atoms with Gasteiger partial charge >= 0.3 is 0 Å². The molecule has 2 aromatic carbocycles. The maximum Gasteiger partial charge on any atom is 0.252 e. The average Bonchev–Trinajstić information content (AvgIpc) is 3.21. The van der Waals surface area contributed by atoms with Crippen molar-refractivity contribution < 1.29 is 13.2 Å². The highest BCUT2D eigenvalue weighted by molar-refractivity contribution is 7.91. The molecule has 1 aliphatic heterocycles. The third-order valence-electron chi connectivity index (χ3n) is 6.09. The summed E-state index contributed by atoms with van der Waals surface area (Å²) in [5.74, 6) is 0.785. The zero-order chi connectivity index (χ0) is 24.1. The molecule has 1 aromatic heterocycles. The maximum atomic E-state index is 12.8. The molecule has 0 saturated carbocycles. The standard InChI is InChI=1S/C25H32N4O3S2/c1-17-25(33-18(2)29-17)34(30,31)28-15-19-11-12-23(32-3)21(14-19)16-27-22-10-7-13-26-24(22)20-8-5-4-6-9-20/h4-6,8-9,11-12,14,22,24,26-28H,7,10,13,15-16H2,1-3H3. The van der Waals surface area contributed by atoms with E-state index in [0.717, 1.165) is 41.3 Å². The number of hydrogen-bond donors (Lipinski definition) is 3. The molecule has 4 rings (SSSR count). The summed E-state index contributed by atoms with van der Waals surface area (Å²) in [5.41, 5.74) is 3.69. The minimum absolute atomic E-state index is 0.202. The second kappa shape index (κ2) is 11.0. The van der Waals surface area contributed by atoms with Gasteiger partial charge in [0.2, 0.25) is 0 Å². The Morgan fingerprint density at radius 2 is 1.94 bits per heavy atom. The molecule has 1 aliphatic rings. The van der Waals surface area contributed by atoms with E-state index in [-0.39, 0.29) is 16.8 Å². The molecule has 2 unspecified atom stereocenters. The molecule has 1 saturated heterocycles. The zero-order valence-electron chi connectivity index (χ0n) is 19.8. The Morgan fingerprint density at radius 3 is 2.65 bits per heavy atom. The van der Waals surface area contributed by atoms with Crippen LogP contribution in [0.3, 0.4) is 0 Å². The van der Waals surface area contributed by atoms with Gasteiger partial charge in [0.15, 0.2) is 4.21 Å². The lowest BCUT2D eigenvalue weighted by molar-refractivity contribution is 0.303. The normalized spacial score (nSPS) is 18.7. The van der Waals surface area contributed by atoms with Crippen LogP contribution in [0.2, 0.25) is 0 Å². The fourth-order valence-electron chi connectivity index (χ4n) is 4.45. The molecule has 9 heteroatoms. The lowest BCUT2D eigenvalue weighted by Crippen LogP contribution is -2.45. The molecule has 3 aromatic rings. The number of benzene rings is 2. The summed E-state index contributed by atoms with van der Waals surface area (Å²) in [6.07, 6.45) is 2.21. The third-order valence-corrected chi connectivity index (χ3v) is 9.17. The number of rotatable bonds is 9. The van der Waals surface area contributed by atoms with Crippen LogP contribution < -0.4 is 20.1 Å². The summed E-state index contributed by atoms with van der Waals surface area (Å²) in [6, 6.07) is 16.9. The van der Waals surface area contributed by atoms with Gasteiger partial charge in [0.05, 0.1) is 17.8 Å². The fourth-order valence-corrected chi connectivity index (χ4v) is 6.99. The quantitative estimate of drug-likeness (QED) is 0.414. The van der Waals surface area contributed by atoms with Crippen molar-refractivity contribution in [3.63, 3.8) is 0 Å². The van der Waals surface area contributed by atoms with E-state index in [0.29, 0.717) is 18.3 Å². The summed E-state index contributed by atoms with van der Waals surface area (Å²) >= 11 is 1.19. The first-order valence-electron chi connectivity index (χ1n) is 11.5. The van der Waals surface area contributed by atoms with Crippen molar-refractivity contribution >= 4 is 21.4 Å². The summed E-state index contributed by atoms with van der Waals surface area (Å²) in [4.78, 5) is 4.24. The summed E-state index contributed by atoms with van der Waals surface area (Å²) in [6.45, 7) is 5.37. The van der Waals surface area contributed by atoms with Crippen LogP contribution in [0, 0.1) is 13.8 Å². The van der Waals surface area contributed by atoms with Gasteiger partial charge < -0.3 is 15.4 Å². The lowest BCUT2D eigenvalue weighted by atomic mass is 9.92. The Hall–Kier alpha value is -2.30. The largest absolute Gasteiger partial charge is 0.496 e. The molecule has 182 valence electrons. The van der Waals surface area contributed by atoms with Crippen molar-refractivity contribution in [2.24, 2.45) is 0 Å². The van der Waals surface area contributed by atoms with Gasteiger partial charge in [-0.1, -0.05) is 36.4 Å². The van der Waals surface area contributed by atoms with Crippen LogP contribution >= 0.6 is 11.3 Å². The van der Waals surface area contributed by atoms with Crippen molar-refractivity contribution in [2.45, 2.75) is 56.1 Å². The topological polar surface area (TPSA) is 92.3 Å². The van der Waals surface area contributed by atoms with Gasteiger partial charge in [-0.15, -0.1) is 11.3 Å². The van der Waals surface area contributed by atoms with Gasteiger partial charge in [0.25, 0.3) is 10.0 Å². The number of thiazole rings is 1. The number of aromatic nitrogens is 1. The first-order valence-corrected chi connectivity index (χ1v) is 13.8. The van der Waals surface area contributed by atoms with E-state index in [2.05, 4.69) is 44.6 Å². The van der Waals surface area contributed by atoms with E-state index in [1.165, 1.54) is 16.9 Å². The molecule has 3 N–H and O–H groups in total. The van der Waals surface area contributed by atoms with Crippen LogP contribution in [0.15, 0.2) is 52.7 Å². The number of hydrogen-bond acceptors (Lipinski definition) is 7. The molecular weight excluding hydrogens is 468 g/mol. The minimum atomic E-state index is -3.61. The number of nitrogens with zero attached hydrogens (tertiary/aromatic N) is 1. The Morgan fingerprint density at radius 1 is 1.15 bits per heavy atom. The first-order chi connectivity index (χ1) is 16.4. The van der Waals surface area contributed by atoms with Crippen molar-refractivity contribution in [1.82, 2.24) is 20.3 Å². The molecule has 2 heterocycles. The number of piperidine rings is 1. The van der Waals surface area contributed by atoms with Crippen molar-refractivity contribution in [3.8, 4) is 5.75 Å². The summed E-state index contributed by atoms with van der Waals surface area (Å²) in [5, 5.41) is 8.09. The van der Waals surface area contributed by atoms with Crippen LogP contribution in [0.1, 0.15) is 46.3 Å². The number of sulfonamides is 1.